The Morgan fingerprint density at radius 2 is 2.12 bits per heavy atom. The van der Waals surface area contributed by atoms with Gasteiger partial charge in [-0.1, -0.05) is 35.5 Å². The molecule has 0 aliphatic rings. The fourth-order valence-corrected chi connectivity index (χ4v) is 2.61. The summed E-state index contributed by atoms with van der Waals surface area (Å²) in [4.78, 5) is 19.4. The van der Waals surface area contributed by atoms with Crippen molar-refractivity contribution in [1.29, 1.82) is 0 Å². The minimum Gasteiger partial charge on any atom is -0.452 e. The first-order valence-corrected chi connectivity index (χ1v) is 7.94. The standard InChI is InChI=1S/C19H14FN3O3/c1-11-6-7-12(8-15(11)20)18-22-17(26-23-18)10-25-19(24)14-9-21-16-5-3-2-4-13(14)16/h2-9,21H,10H2,1H3. The molecule has 4 aromatic rings. The van der Waals surface area contributed by atoms with Gasteiger partial charge in [-0.05, 0) is 24.6 Å². The first kappa shape index (κ1) is 16.0. The van der Waals surface area contributed by atoms with Crippen molar-refractivity contribution in [2.24, 2.45) is 0 Å². The molecule has 0 saturated heterocycles. The summed E-state index contributed by atoms with van der Waals surface area (Å²) in [5.74, 6) is -0.473. The minimum atomic E-state index is -0.497. The molecule has 0 aliphatic heterocycles. The molecule has 0 unspecified atom stereocenters. The normalized spacial score (nSPS) is 11.0. The molecule has 0 fully saturated rings. The number of hydrogen-bond acceptors (Lipinski definition) is 5. The number of carbonyl (C=O) groups is 1. The van der Waals surface area contributed by atoms with Gasteiger partial charge in [0.25, 0.3) is 5.89 Å². The van der Waals surface area contributed by atoms with Crippen molar-refractivity contribution < 1.29 is 18.4 Å². The summed E-state index contributed by atoms with van der Waals surface area (Å²) in [5.41, 5.74) is 2.30. The fourth-order valence-electron chi connectivity index (χ4n) is 2.61. The molecule has 1 N–H and O–H groups in total. The monoisotopic (exact) mass is 351 g/mol. The topological polar surface area (TPSA) is 81.0 Å². The summed E-state index contributed by atoms with van der Waals surface area (Å²) in [6.07, 6.45) is 1.60. The maximum Gasteiger partial charge on any atom is 0.340 e. The Labute approximate surface area is 147 Å². The van der Waals surface area contributed by atoms with E-state index in [1.54, 1.807) is 25.3 Å². The van der Waals surface area contributed by atoms with Gasteiger partial charge in [-0.3, -0.25) is 0 Å². The Balaban J connectivity index is 1.47. The van der Waals surface area contributed by atoms with Crippen molar-refractivity contribution in [2.45, 2.75) is 13.5 Å². The number of benzene rings is 2. The van der Waals surface area contributed by atoms with Crippen LogP contribution < -0.4 is 0 Å². The zero-order valence-corrected chi connectivity index (χ0v) is 13.8. The highest BCUT2D eigenvalue weighted by atomic mass is 19.1. The third-order valence-corrected chi connectivity index (χ3v) is 4.03. The number of H-pyrrole nitrogens is 1. The van der Waals surface area contributed by atoms with Crippen LogP contribution in [0.1, 0.15) is 21.8 Å². The minimum absolute atomic E-state index is 0.133. The van der Waals surface area contributed by atoms with Crippen molar-refractivity contribution in [2.75, 3.05) is 0 Å². The van der Waals surface area contributed by atoms with E-state index in [2.05, 4.69) is 15.1 Å². The number of aryl methyl sites for hydroxylation is 1. The van der Waals surface area contributed by atoms with Crippen molar-refractivity contribution >= 4 is 16.9 Å². The average Bonchev–Trinajstić information content (AvgIpc) is 3.29. The second-order valence-corrected chi connectivity index (χ2v) is 5.80. The third-order valence-electron chi connectivity index (χ3n) is 4.03. The molecular weight excluding hydrogens is 337 g/mol. The van der Waals surface area contributed by atoms with Crippen molar-refractivity contribution in [3.8, 4) is 11.4 Å². The van der Waals surface area contributed by atoms with Gasteiger partial charge in [0.2, 0.25) is 5.82 Å². The van der Waals surface area contributed by atoms with Crippen LogP contribution in [0.15, 0.2) is 53.2 Å². The molecule has 4 rings (SSSR count). The third kappa shape index (κ3) is 2.95. The van der Waals surface area contributed by atoms with Gasteiger partial charge in [-0.15, -0.1) is 0 Å². The van der Waals surface area contributed by atoms with E-state index in [0.29, 0.717) is 16.7 Å². The SMILES string of the molecule is Cc1ccc(-c2noc(COC(=O)c3c[nH]c4ccccc34)n2)cc1F. The number of fused-ring (bicyclic) bond motifs is 1. The summed E-state index contributed by atoms with van der Waals surface area (Å²) in [6, 6.07) is 12.1. The van der Waals surface area contributed by atoms with E-state index in [-0.39, 0.29) is 24.1 Å². The van der Waals surface area contributed by atoms with Gasteiger partial charge in [0.05, 0.1) is 5.56 Å². The molecular formula is C19H14FN3O3. The number of nitrogens with zero attached hydrogens (tertiary/aromatic N) is 2. The van der Waals surface area contributed by atoms with E-state index in [0.717, 1.165) is 10.9 Å². The Morgan fingerprint density at radius 3 is 2.96 bits per heavy atom. The largest absolute Gasteiger partial charge is 0.452 e. The van der Waals surface area contributed by atoms with Crippen LogP contribution in [-0.4, -0.2) is 21.1 Å². The number of rotatable bonds is 4. The van der Waals surface area contributed by atoms with Gasteiger partial charge >= 0.3 is 5.97 Å². The molecule has 0 saturated carbocycles. The van der Waals surface area contributed by atoms with E-state index in [1.165, 1.54) is 6.07 Å². The number of halogens is 1. The number of para-hydroxylation sites is 1. The number of hydrogen-bond donors (Lipinski definition) is 1. The van der Waals surface area contributed by atoms with Crippen LogP contribution in [-0.2, 0) is 11.3 Å². The lowest BCUT2D eigenvalue weighted by molar-refractivity contribution is 0.0432. The molecule has 0 amide bonds. The van der Waals surface area contributed by atoms with E-state index < -0.39 is 5.97 Å². The quantitative estimate of drug-likeness (QED) is 0.562. The van der Waals surface area contributed by atoms with Gasteiger partial charge in [-0.2, -0.15) is 4.98 Å². The van der Waals surface area contributed by atoms with Crippen LogP contribution in [0, 0.1) is 12.7 Å². The summed E-state index contributed by atoms with van der Waals surface area (Å²) < 4.78 is 24.0. The molecule has 0 spiro atoms. The van der Waals surface area contributed by atoms with Gasteiger partial charge in [0, 0.05) is 22.7 Å². The number of aromatic amines is 1. The Bertz CT molecular complexity index is 1100. The first-order chi connectivity index (χ1) is 12.6. The molecule has 0 aliphatic carbocycles. The van der Waals surface area contributed by atoms with Crippen LogP contribution in [0.2, 0.25) is 0 Å². The molecule has 2 aromatic heterocycles. The van der Waals surface area contributed by atoms with E-state index in [9.17, 15) is 9.18 Å². The maximum atomic E-state index is 13.7. The molecule has 2 aromatic carbocycles. The van der Waals surface area contributed by atoms with Crippen LogP contribution in [0.25, 0.3) is 22.3 Å². The predicted octanol–water partition coefficient (Wildman–Crippen LogP) is 4.02. The highest BCUT2D eigenvalue weighted by Gasteiger charge is 2.16. The number of aromatic nitrogens is 3. The van der Waals surface area contributed by atoms with Crippen molar-refractivity contribution in [3.63, 3.8) is 0 Å². The van der Waals surface area contributed by atoms with Crippen LogP contribution >= 0.6 is 0 Å². The molecule has 0 bridgehead atoms. The van der Waals surface area contributed by atoms with Gasteiger partial charge in [0.1, 0.15) is 5.82 Å². The van der Waals surface area contributed by atoms with Crippen LogP contribution in [0.3, 0.4) is 0 Å². The molecule has 2 heterocycles. The molecule has 6 nitrogen and oxygen atoms in total. The smallest absolute Gasteiger partial charge is 0.340 e. The summed E-state index contributed by atoms with van der Waals surface area (Å²) in [7, 11) is 0. The van der Waals surface area contributed by atoms with Crippen molar-refractivity contribution in [1.82, 2.24) is 15.1 Å². The molecule has 7 heteroatoms. The Morgan fingerprint density at radius 1 is 1.27 bits per heavy atom. The predicted molar refractivity (Wildman–Crippen MR) is 91.8 cm³/mol. The Kier molecular flexibility index (Phi) is 3.96. The maximum absolute atomic E-state index is 13.7. The van der Waals surface area contributed by atoms with E-state index in [1.807, 2.05) is 24.3 Å². The highest BCUT2D eigenvalue weighted by Crippen LogP contribution is 2.21. The number of nitrogens with one attached hydrogen (secondary N) is 1. The number of ether oxygens (including phenoxy) is 1. The second kappa shape index (κ2) is 6.44. The summed E-state index contributed by atoms with van der Waals surface area (Å²) in [6.45, 7) is 1.50. The molecule has 26 heavy (non-hydrogen) atoms. The van der Waals surface area contributed by atoms with Gasteiger partial charge in [0.15, 0.2) is 6.61 Å². The van der Waals surface area contributed by atoms with Crippen LogP contribution in [0.5, 0.6) is 0 Å². The second-order valence-electron chi connectivity index (χ2n) is 5.80. The zero-order chi connectivity index (χ0) is 18.1. The lowest BCUT2D eigenvalue weighted by atomic mass is 10.1. The Hall–Kier alpha value is -3.48. The van der Waals surface area contributed by atoms with Gasteiger partial charge in [-0.25, -0.2) is 9.18 Å². The lowest BCUT2D eigenvalue weighted by Crippen LogP contribution is -2.04. The summed E-state index contributed by atoms with van der Waals surface area (Å²) >= 11 is 0. The zero-order valence-electron chi connectivity index (χ0n) is 13.8. The summed E-state index contributed by atoms with van der Waals surface area (Å²) in [5, 5.41) is 4.57. The molecule has 0 atom stereocenters. The van der Waals surface area contributed by atoms with E-state index >= 15 is 0 Å². The highest BCUT2D eigenvalue weighted by molar-refractivity contribution is 6.03. The first-order valence-electron chi connectivity index (χ1n) is 7.94. The van der Waals surface area contributed by atoms with Gasteiger partial charge < -0.3 is 14.2 Å². The number of carbonyl (C=O) groups excluding carboxylic acids is 1. The average molecular weight is 351 g/mol. The van der Waals surface area contributed by atoms with Crippen LogP contribution in [0.4, 0.5) is 4.39 Å². The van der Waals surface area contributed by atoms with E-state index in [4.69, 9.17) is 9.26 Å². The molecule has 130 valence electrons. The lowest BCUT2D eigenvalue weighted by Gasteiger charge is -2.00. The van der Waals surface area contributed by atoms with Crippen molar-refractivity contribution in [3.05, 3.63) is 71.5 Å². The number of esters is 1. The molecule has 0 radical (unpaired) electrons. The fraction of sp³-hybridized carbons (Fsp3) is 0.105.